The number of hydrogen-bond acceptors (Lipinski definition) is 7. The molecule has 0 radical (unpaired) electrons. The number of aliphatic hydroxyl groups is 1. The molecule has 5 rings (SSSR count). The Hall–Kier alpha value is -4.49. The zero-order valence-corrected chi connectivity index (χ0v) is 22.7. The van der Waals surface area contributed by atoms with Crippen molar-refractivity contribution < 1.29 is 31.4 Å². The van der Waals surface area contributed by atoms with Crippen LogP contribution in [0.1, 0.15) is 17.8 Å². The van der Waals surface area contributed by atoms with Gasteiger partial charge in [-0.15, -0.1) is 0 Å². The predicted molar refractivity (Wildman–Crippen MR) is 145 cm³/mol. The van der Waals surface area contributed by atoms with Crippen molar-refractivity contribution >= 4 is 21.4 Å². The van der Waals surface area contributed by atoms with E-state index in [1.165, 1.54) is 32.4 Å². The second-order valence-corrected chi connectivity index (χ2v) is 10.7. The van der Waals surface area contributed by atoms with Crippen LogP contribution in [0.15, 0.2) is 65.8 Å². The van der Waals surface area contributed by atoms with Crippen molar-refractivity contribution in [2.75, 3.05) is 18.4 Å². The molecule has 3 heterocycles. The average molecular weight is 584 g/mol. The fourth-order valence-corrected chi connectivity index (χ4v) is 5.61. The Morgan fingerprint density at radius 3 is 2.61 bits per heavy atom. The molecule has 0 saturated carbocycles. The van der Waals surface area contributed by atoms with Crippen LogP contribution in [-0.2, 0) is 16.4 Å². The van der Waals surface area contributed by atoms with Crippen molar-refractivity contribution in [1.29, 1.82) is 0 Å². The Morgan fingerprint density at radius 2 is 1.85 bits per heavy atom. The first-order chi connectivity index (χ1) is 19.6. The molecule has 212 valence electrons. The van der Waals surface area contributed by atoms with Crippen molar-refractivity contribution in [2.24, 2.45) is 0 Å². The summed E-state index contributed by atoms with van der Waals surface area (Å²) in [4.78, 5) is 12.2. The van der Waals surface area contributed by atoms with E-state index in [0.29, 0.717) is 41.5 Å². The molecule has 2 N–H and O–H groups in total. The summed E-state index contributed by atoms with van der Waals surface area (Å²) in [6.07, 6.45) is 4.05. The standard InChI is InChI=1S/C28H24F3N5O4S/c1-16-8-9-19(29)28(24(16)30)41(38,39)35-20-6-3-5-18(25(20)31)26-27(21-10-12-32-22(33-21)7-4-14-37)36-13-11-17(40-2)15-23(36)34-26/h3,5-6,8-13,15,35,37H,4,7,14H2,1-2H3. The third-order valence-electron chi connectivity index (χ3n) is 6.35. The lowest BCUT2D eigenvalue weighted by atomic mass is 10.1. The van der Waals surface area contributed by atoms with E-state index in [2.05, 4.69) is 15.0 Å². The highest BCUT2D eigenvalue weighted by atomic mass is 32.2. The molecule has 0 bridgehead atoms. The minimum Gasteiger partial charge on any atom is -0.497 e. The van der Waals surface area contributed by atoms with Crippen LogP contribution in [0.5, 0.6) is 5.75 Å². The van der Waals surface area contributed by atoms with E-state index in [1.54, 1.807) is 28.8 Å². The number of aromatic nitrogens is 4. The zero-order valence-electron chi connectivity index (χ0n) is 21.9. The van der Waals surface area contributed by atoms with Crippen LogP contribution >= 0.6 is 0 Å². The monoisotopic (exact) mass is 583 g/mol. The topological polar surface area (TPSA) is 119 Å². The number of rotatable bonds is 9. The molecular weight excluding hydrogens is 559 g/mol. The van der Waals surface area contributed by atoms with E-state index in [9.17, 15) is 22.3 Å². The van der Waals surface area contributed by atoms with Gasteiger partial charge in [-0.25, -0.2) is 36.5 Å². The van der Waals surface area contributed by atoms with Crippen molar-refractivity contribution in [3.05, 3.63) is 89.8 Å². The molecule has 0 atom stereocenters. The molecule has 9 nitrogen and oxygen atoms in total. The van der Waals surface area contributed by atoms with Crippen LogP contribution in [0.25, 0.3) is 28.3 Å². The Labute approximate surface area is 233 Å². The maximum atomic E-state index is 16.1. The van der Waals surface area contributed by atoms with Gasteiger partial charge in [-0.2, -0.15) is 0 Å². The fourth-order valence-electron chi connectivity index (χ4n) is 4.34. The van der Waals surface area contributed by atoms with Crippen molar-refractivity contribution in [3.63, 3.8) is 0 Å². The van der Waals surface area contributed by atoms with E-state index in [4.69, 9.17) is 4.74 Å². The van der Waals surface area contributed by atoms with Gasteiger partial charge in [-0.05, 0) is 49.2 Å². The molecule has 0 aliphatic carbocycles. The summed E-state index contributed by atoms with van der Waals surface area (Å²) < 4.78 is 80.0. The summed E-state index contributed by atoms with van der Waals surface area (Å²) in [5.41, 5.74) is 0.572. The predicted octanol–water partition coefficient (Wildman–Crippen LogP) is 4.92. The summed E-state index contributed by atoms with van der Waals surface area (Å²) in [5.74, 6) is -2.65. The Morgan fingerprint density at radius 1 is 1.05 bits per heavy atom. The third-order valence-corrected chi connectivity index (χ3v) is 7.75. The summed E-state index contributed by atoms with van der Waals surface area (Å²) in [6.45, 7) is 1.25. The van der Waals surface area contributed by atoms with Gasteiger partial charge in [0.1, 0.15) is 34.5 Å². The highest BCUT2D eigenvalue weighted by molar-refractivity contribution is 7.92. The number of methoxy groups -OCH3 is 1. The number of imidazole rings is 1. The van der Waals surface area contributed by atoms with Gasteiger partial charge in [0, 0.05) is 37.1 Å². The fraction of sp³-hybridized carbons (Fsp3) is 0.179. The number of aryl methyl sites for hydroxylation is 2. The first-order valence-electron chi connectivity index (χ1n) is 12.4. The Kier molecular flexibility index (Phi) is 7.65. The summed E-state index contributed by atoms with van der Waals surface area (Å²) in [7, 11) is -3.36. The van der Waals surface area contributed by atoms with Gasteiger partial charge in [0.05, 0.1) is 24.2 Å². The van der Waals surface area contributed by atoms with E-state index in [0.717, 1.165) is 18.2 Å². The molecule has 0 aliphatic heterocycles. The van der Waals surface area contributed by atoms with Gasteiger partial charge < -0.3 is 9.84 Å². The molecule has 0 saturated heterocycles. The summed E-state index contributed by atoms with van der Waals surface area (Å²) in [6, 6.07) is 10.8. The number of aliphatic hydroxyl groups excluding tert-OH is 1. The SMILES string of the molecule is COc1ccn2c(-c3ccnc(CCCO)n3)c(-c3cccc(NS(=O)(=O)c4c(F)ccc(C)c4F)c3F)nc2c1. The van der Waals surface area contributed by atoms with Gasteiger partial charge in [0.15, 0.2) is 10.7 Å². The molecule has 0 spiro atoms. The van der Waals surface area contributed by atoms with E-state index < -0.39 is 38.1 Å². The lowest BCUT2D eigenvalue weighted by molar-refractivity contribution is 0.287. The van der Waals surface area contributed by atoms with Crippen LogP contribution in [0, 0.1) is 24.4 Å². The number of ether oxygens (including phenoxy) is 1. The molecular formula is C28H24F3N5O4S. The lowest BCUT2D eigenvalue weighted by Crippen LogP contribution is -2.18. The Balaban J connectivity index is 1.67. The molecule has 0 fully saturated rings. The molecule has 5 aromatic rings. The molecule has 13 heteroatoms. The van der Waals surface area contributed by atoms with Crippen LogP contribution in [0.4, 0.5) is 18.9 Å². The largest absolute Gasteiger partial charge is 0.497 e. The number of nitrogens with one attached hydrogen (secondary N) is 1. The molecule has 0 aliphatic rings. The second kappa shape index (κ2) is 11.2. The number of fused-ring (bicyclic) bond motifs is 1. The minimum absolute atomic E-state index is 0.0431. The van der Waals surface area contributed by atoms with E-state index >= 15 is 4.39 Å². The first kappa shape index (κ1) is 28.1. The number of nitrogens with zero attached hydrogens (tertiary/aromatic N) is 4. The summed E-state index contributed by atoms with van der Waals surface area (Å²) >= 11 is 0. The van der Waals surface area contributed by atoms with Gasteiger partial charge in [0.25, 0.3) is 10.0 Å². The summed E-state index contributed by atoms with van der Waals surface area (Å²) in [5, 5.41) is 9.20. The van der Waals surface area contributed by atoms with Crippen LogP contribution in [0.2, 0.25) is 0 Å². The normalized spacial score (nSPS) is 11.7. The number of halogens is 3. The average Bonchev–Trinajstić information content (AvgIpc) is 3.33. The number of anilines is 1. The van der Waals surface area contributed by atoms with E-state index in [1.807, 2.05) is 4.72 Å². The number of pyridine rings is 1. The maximum Gasteiger partial charge on any atom is 0.267 e. The van der Waals surface area contributed by atoms with Crippen LogP contribution < -0.4 is 9.46 Å². The quantitative estimate of drug-likeness (QED) is 0.253. The maximum absolute atomic E-state index is 16.1. The van der Waals surface area contributed by atoms with Crippen molar-refractivity contribution in [1.82, 2.24) is 19.4 Å². The van der Waals surface area contributed by atoms with Crippen molar-refractivity contribution in [2.45, 2.75) is 24.7 Å². The third kappa shape index (κ3) is 5.33. The van der Waals surface area contributed by atoms with Gasteiger partial charge in [-0.1, -0.05) is 12.1 Å². The molecule has 0 amide bonds. The molecule has 3 aromatic heterocycles. The second-order valence-electron chi connectivity index (χ2n) is 9.07. The molecule has 2 aromatic carbocycles. The Bertz CT molecular complexity index is 1880. The number of benzene rings is 2. The first-order valence-corrected chi connectivity index (χ1v) is 13.9. The zero-order chi connectivity index (χ0) is 29.3. The van der Waals surface area contributed by atoms with Gasteiger partial charge in [-0.3, -0.25) is 9.12 Å². The smallest absolute Gasteiger partial charge is 0.267 e. The van der Waals surface area contributed by atoms with Gasteiger partial charge >= 0.3 is 0 Å². The van der Waals surface area contributed by atoms with Crippen LogP contribution in [0.3, 0.4) is 0 Å². The molecule has 0 unspecified atom stereocenters. The van der Waals surface area contributed by atoms with E-state index in [-0.39, 0.29) is 23.4 Å². The lowest BCUT2D eigenvalue weighted by Gasteiger charge is -2.13. The highest BCUT2D eigenvalue weighted by Gasteiger charge is 2.28. The van der Waals surface area contributed by atoms with Crippen molar-refractivity contribution in [3.8, 4) is 28.4 Å². The number of hydrogen-bond donors (Lipinski definition) is 2. The van der Waals surface area contributed by atoms with Crippen LogP contribution in [-0.4, -0.2) is 46.6 Å². The van der Waals surface area contributed by atoms with Gasteiger partial charge in [0.2, 0.25) is 0 Å². The minimum atomic E-state index is -4.85. The molecule has 41 heavy (non-hydrogen) atoms. The number of sulfonamides is 1. The highest BCUT2D eigenvalue weighted by Crippen LogP contribution is 2.37.